The average molecular weight is 156 g/mol. The third kappa shape index (κ3) is 2.17. The first-order valence-electron chi connectivity index (χ1n) is 4.57. The lowest BCUT2D eigenvalue weighted by Crippen LogP contribution is -2.47. The van der Waals surface area contributed by atoms with Crippen LogP contribution in [0.3, 0.4) is 0 Å². The van der Waals surface area contributed by atoms with E-state index in [1.807, 2.05) is 0 Å². The van der Waals surface area contributed by atoms with Gasteiger partial charge in [-0.15, -0.1) is 0 Å². The molecule has 66 valence electrons. The molecule has 0 radical (unpaired) electrons. The maximum atomic E-state index is 5.90. The topological polar surface area (TPSA) is 29.3 Å². The van der Waals surface area contributed by atoms with Crippen LogP contribution in [0, 0.1) is 5.92 Å². The molecule has 0 unspecified atom stereocenters. The van der Waals surface area contributed by atoms with Gasteiger partial charge < -0.3 is 10.6 Å². The molecule has 0 saturated carbocycles. The zero-order valence-electron chi connectivity index (χ0n) is 7.88. The summed E-state index contributed by atoms with van der Waals surface area (Å²) in [6.07, 6.45) is 2.34. The number of likely N-dealkylation sites (tertiary alicyclic amines) is 1. The molecular weight excluding hydrogens is 136 g/mol. The third-order valence-corrected chi connectivity index (χ3v) is 2.73. The van der Waals surface area contributed by atoms with Gasteiger partial charge in [-0.05, 0) is 32.4 Å². The van der Waals surface area contributed by atoms with Crippen LogP contribution in [0.25, 0.3) is 0 Å². The molecule has 1 aliphatic heterocycles. The molecule has 1 aliphatic rings. The summed E-state index contributed by atoms with van der Waals surface area (Å²) in [6, 6.07) is 1.15. The normalized spacial score (nSPS) is 34.6. The molecule has 0 aliphatic carbocycles. The van der Waals surface area contributed by atoms with Crippen molar-refractivity contribution in [2.24, 2.45) is 11.7 Å². The van der Waals surface area contributed by atoms with Crippen molar-refractivity contribution in [3.8, 4) is 0 Å². The Balaban J connectivity index is 2.47. The summed E-state index contributed by atoms with van der Waals surface area (Å²) in [6.45, 7) is 5.72. The Morgan fingerprint density at radius 1 is 1.45 bits per heavy atom. The lowest BCUT2D eigenvalue weighted by molar-refractivity contribution is 0.131. The Labute approximate surface area is 69.8 Å². The standard InChI is InChI=1S/C9H20N2/c1-7(2)9-6-8(10)4-5-11(9)3/h7-9H,4-6,10H2,1-3H3/t8-,9+/m0/s1. The minimum Gasteiger partial charge on any atom is -0.328 e. The fraction of sp³-hybridized carbons (Fsp3) is 1.00. The summed E-state index contributed by atoms with van der Waals surface area (Å²) in [7, 11) is 2.20. The van der Waals surface area contributed by atoms with Gasteiger partial charge in [-0.25, -0.2) is 0 Å². The van der Waals surface area contributed by atoms with E-state index in [-0.39, 0.29) is 0 Å². The van der Waals surface area contributed by atoms with Crippen molar-refractivity contribution in [2.75, 3.05) is 13.6 Å². The van der Waals surface area contributed by atoms with E-state index in [0.717, 1.165) is 5.92 Å². The first-order valence-corrected chi connectivity index (χ1v) is 4.57. The quantitative estimate of drug-likeness (QED) is 0.615. The molecule has 0 spiro atoms. The molecule has 2 atom stereocenters. The summed E-state index contributed by atoms with van der Waals surface area (Å²) in [5.74, 6) is 0.742. The highest BCUT2D eigenvalue weighted by Gasteiger charge is 2.25. The summed E-state index contributed by atoms with van der Waals surface area (Å²) >= 11 is 0. The molecule has 0 bridgehead atoms. The Morgan fingerprint density at radius 2 is 2.09 bits per heavy atom. The number of hydrogen-bond acceptors (Lipinski definition) is 2. The zero-order chi connectivity index (χ0) is 8.43. The van der Waals surface area contributed by atoms with Crippen LogP contribution in [0.5, 0.6) is 0 Å². The Kier molecular flexibility index (Phi) is 2.90. The SMILES string of the molecule is CC(C)[C@H]1C[C@@H](N)CCN1C. The molecule has 2 heteroatoms. The van der Waals surface area contributed by atoms with Gasteiger partial charge in [0.15, 0.2) is 0 Å². The molecule has 2 nitrogen and oxygen atoms in total. The van der Waals surface area contributed by atoms with E-state index < -0.39 is 0 Å². The molecule has 2 N–H and O–H groups in total. The molecule has 0 aromatic rings. The lowest BCUT2D eigenvalue weighted by atomic mass is 9.91. The van der Waals surface area contributed by atoms with E-state index in [9.17, 15) is 0 Å². The predicted molar refractivity (Wildman–Crippen MR) is 48.5 cm³/mol. The maximum Gasteiger partial charge on any atom is 0.0130 e. The van der Waals surface area contributed by atoms with Gasteiger partial charge in [0, 0.05) is 12.1 Å². The van der Waals surface area contributed by atoms with E-state index in [1.165, 1.54) is 19.4 Å². The smallest absolute Gasteiger partial charge is 0.0130 e. The Morgan fingerprint density at radius 3 is 2.55 bits per heavy atom. The molecule has 0 aromatic heterocycles. The summed E-state index contributed by atoms with van der Waals surface area (Å²) in [5.41, 5.74) is 5.90. The van der Waals surface area contributed by atoms with E-state index >= 15 is 0 Å². The van der Waals surface area contributed by atoms with E-state index in [4.69, 9.17) is 5.73 Å². The highest BCUT2D eigenvalue weighted by molar-refractivity contribution is 4.83. The van der Waals surface area contributed by atoms with E-state index in [1.54, 1.807) is 0 Å². The van der Waals surface area contributed by atoms with Gasteiger partial charge in [-0.3, -0.25) is 0 Å². The second kappa shape index (κ2) is 3.55. The van der Waals surface area contributed by atoms with Crippen molar-refractivity contribution in [1.82, 2.24) is 4.90 Å². The lowest BCUT2D eigenvalue weighted by Gasteiger charge is -2.38. The van der Waals surface area contributed by atoms with E-state index in [0.29, 0.717) is 12.1 Å². The summed E-state index contributed by atoms with van der Waals surface area (Å²) < 4.78 is 0. The van der Waals surface area contributed by atoms with Crippen LogP contribution in [0.15, 0.2) is 0 Å². The first kappa shape index (κ1) is 9.01. The number of nitrogens with zero attached hydrogens (tertiary/aromatic N) is 1. The fourth-order valence-corrected chi connectivity index (χ4v) is 1.92. The van der Waals surface area contributed by atoms with Crippen LogP contribution in [-0.4, -0.2) is 30.6 Å². The minimum atomic E-state index is 0.443. The average Bonchev–Trinajstić information content (AvgIpc) is 1.94. The molecule has 0 aromatic carbocycles. The molecule has 1 fully saturated rings. The maximum absolute atomic E-state index is 5.90. The third-order valence-electron chi connectivity index (χ3n) is 2.73. The molecule has 11 heavy (non-hydrogen) atoms. The van der Waals surface area contributed by atoms with Crippen molar-refractivity contribution >= 4 is 0 Å². The molecule has 1 heterocycles. The van der Waals surface area contributed by atoms with Gasteiger partial charge >= 0.3 is 0 Å². The van der Waals surface area contributed by atoms with Gasteiger partial charge in [0.2, 0.25) is 0 Å². The second-order valence-electron chi connectivity index (χ2n) is 4.08. The number of piperidine rings is 1. The predicted octanol–water partition coefficient (Wildman–Crippen LogP) is 1.06. The molecule has 0 amide bonds. The van der Waals surface area contributed by atoms with Gasteiger partial charge in [-0.2, -0.15) is 0 Å². The Bertz CT molecular complexity index is 123. The molecular formula is C9H20N2. The monoisotopic (exact) mass is 156 g/mol. The van der Waals surface area contributed by atoms with Crippen molar-refractivity contribution in [3.63, 3.8) is 0 Å². The Hall–Kier alpha value is -0.0800. The van der Waals surface area contributed by atoms with Crippen molar-refractivity contribution in [1.29, 1.82) is 0 Å². The highest BCUT2D eigenvalue weighted by atomic mass is 15.1. The van der Waals surface area contributed by atoms with Crippen molar-refractivity contribution in [3.05, 3.63) is 0 Å². The van der Waals surface area contributed by atoms with Gasteiger partial charge in [0.25, 0.3) is 0 Å². The van der Waals surface area contributed by atoms with Crippen LogP contribution in [0.4, 0.5) is 0 Å². The van der Waals surface area contributed by atoms with Gasteiger partial charge in [0.1, 0.15) is 0 Å². The van der Waals surface area contributed by atoms with Crippen LogP contribution in [-0.2, 0) is 0 Å². The van der Waals surface area contributed by atoms with Crippen LogP contribution in [0.2, 0.25) is 0 Å². The molecule has 1 rings (SSSR count). The zero-order valence-corrected chi connectivity index (χ0v) is 7.88. The minimum absolute atomic E-state index is 0.443. The number of rotatable bonds is 1. The van der Waals surface area contributed by atoms with Crippen molar-refractivity contribution < 1.29 is 0 Å². The molecule has 1 saturated heterocycles. The van der Waals surface area contributed by atoms with E-state index in [2.05, 4.69) is 25.8 Å². The first-order chi connectivity index (χ1) is 5.11. The number of nitrogens with two attached hydrogens (primary N) is 1. The van der Waals surface area contributed by atoms with Crippen LogP contribution < -0.4 is 5.73 Å². The van der Waals surface area contributed by atoms with Crippen LogP contribution >= 0.6 is 0 Å². The largest absolute Gasteiger partial charge is 0.328 e. The summed E-state index contributed by atoms with van der Waals surface area (Å²) in [4.78, 5) is 2.44. The number of hydrogen-bond donors (Lipinski definition) is 1. The highest BCUT2D eigenvalue weighted by Crippen LogP contribution is 2.20. The summed E-state index contributed by atoms with van der Waals surface area (Å²) in [5, 5.41) is 0. The fourth-order valence-electron chi connectivity index (χ4n) is 1.92. The van der Waals surface area contributed by atoms with Crippen molar-refractivity contribution in [2.45, 2.75) is 38.8 Å². The van der Waals surface area contributed by atoms with Gasteiger partial charge in [-0.1, -0.05) is 13.8 Å². The van der Waals surface area contributed by atoms with Crippen LogP contribution in [0.1, 0.15) is 26.7 Å². The second-order valence-corrected chi connectivity index (χ2v) is 4.08. The van der Waals surface area contributed by atoms with Gasteiger partial charge in [0.05, 0.1) is 0 Å².